The van der Waals surface area contributed by atoms with Crippen LogP contribution in [0.3, 0.4) is 0 Å². The van der Waals surface area contributed by atoms with Crippen LogP contribution >= 0.6 is 11.3 Å². The molecular formula is C9H12N4O2S2. The molecule has 0 radical (unpaired) electrons. The Balaban J connectivity index is 2.11. The Morgan fingerprint density at radius 3 is 2.76 bits per heavy atom. The summed E-state index contributed by atoms with van der Waals surface area (Å²) >= 11 is 1.43. The standard InChI is InChI=1S/C9H12N4O2S2/c1-7-8(16-6-11-7)3-12-17(14,15)9-4-13(2)5-10-9/h4-6,12H,3H2,1-2H3. The van der Waals surface area contributed by atoms with Gasteiger partial charge in [0.2, 0.25) is 0 Å². The summed E-state index contributed by atoms with van der Waals surface area (Å²) in [4.78, 5) is 8.78. The van der Waals surface area contributed by atoms with Crippen molar-refractivity contribution in [2.45, 2.75) is 18.5 Å². The minimum atomic E-state index is -3.54. The highest BCUT2D eigenvalue weighted by molar-refractivity contribution is 7.89. The van der Waals surface area contributed by atoms with Crippen molar-refractivity contribution in [2.24, 2.45) is 7.05 Å². The van der Waals surface area contributed by atoms with E-state index in [1.807, 2.05) is 6.92 Å². The molecule has 2 aromatic heterocycles. The summed E-state index contributed by atoms with van der Waals surface area (Å²) in [6.45, 7) is 2.09. The van der Waals surface area contributed by atoms with Gasteiger partial charge < -0.3 is 4.57 Å². The van der Waals surface area contributed by atoms with Crippen molar-refractivity contribution in [1.82, 2.24) is 19.3 Å². The number of sulfonamides is 1. The van der Waals surface area contributed by atoms with Gasteiger partial charge in [0.15, 0.2) is 5.03 Å². The minimum absolute atomic E-state index is 0.0298. The Morgan fingerprint density at radius 1 is 1.47 bits per heavy atom. The molecule has 0 aromatic carbocycles. The van der Waals surface area contributed by atoms with Gasteiger partial charge in [0, 0.05) is 24.7 Å². The number of nitrogens with zero attached hydrogens (tertiary/aromatic N) is 3. The van der Waals surface area contributed by atoms with Crippen LogP contribution in [-0.4, -0.2) is 23.0 Å². The lowest BCUT2D eigenvalue weighted by atomic mass is 10.4. The molecule has 0 saturated carbocycles. The third kappa shape index (κ3) is 2.71. The second-order valence-electron chi connectivity index (χ2n) is 3.56. The molecule has 0 fully saturated rings. The highest BCUT2D eigenvalue weighted by atomic mass is 32.2. The molecule has 0 bridgehead atoms. The van der Waals surface area contributed by atoms with Gasteiger partial charge in [0.25, 0.3) is 10.0 Å². The lowest BCUT2D eigenvalue weighted by molar-refractivity contribution is 0.578. The van der Waals surface area contributed by atoms with E-state index >= 15 is 0 Å². The largest absolute Gasteiger partial charge is 0.339 e. The number of aromatic nitrogens is 3. The molecule has 1 N–H and O–H groups in total. The van der Waals surface area contributed by atoms with Crippen LogP contribution < -0.4 is 4.72 Å². The van der Waals surface area contributed by atoms with Crippen LogP contribution in [0, 0.1) is 6.92 Å². The number of aryl methyl sites for hydroxylation is 2. The molecule has 0 spiro atoms. The van der Waals surface area contributed by atoms with E-state index in [4.69, 9.17) is 0 Å². The zero-order valence-electron chi connectivity index (χ0n) is 9.41. The third-order valence-electron chi connectivity index (χ3n) is 2.22. The molecule has 0 aliphatic heterocycles. The first-order valence-corrected chi connectivity index (χ1v) is 7.22. The van der Waals surface area contributed by atoms with Gasteiger partial charge in [0.1, 0.15) is 0 Å². The smallest absolute Gasteiger partial charge is 0.259 e. The van der Waals surface area contributed by atoms with Gasteiger partial charge in [-0.1, -0.05) is 0 Å². The summed E-state index contributed by atoms with van der Waals surface area (Å²) < 4.78 is 27.8. The van der Waals surface area contributed by atoms with Gasteiger partial charge in [-0.2, -0.15) is 0 Å². The maximum atomic E-state index is 11.8. The predicted molar refractivity (Wildman–Crippen MR) is 64.1 cm³/mol. The SMILES string of the molecule is Cc1ncsc1CNS(=O)(=O)c1cn(C)cn1. The van der Waals surface area contributed by atoms with Crippen LogP contribution in [0.2, 0.25) is 0 Å². The predicted octanol–water partition coefficient (Wildman–Crippen LogP) is 0.664. The topological polar surface area (TPSA) is 76.9 Å². The Labute approximate surface area is 103 Å². The lowest BCUT2D eigenvalue weighted by Gasteiger charge is -2.02. The first kappa shape index (κ1) is 12.2. The van der Waals surface area contributed by atoms with Crippen LogP contribution in [0.5, 0.6) is 0 Å². The Hall–Kier alpha value is -1.25. The van der Waals surface area contributed by atoms with Crippen molar-refractivity contribution in [2.75, 3.05) is 0 Å². The van der Waals surface area contributed by atoms with Crippen LogP contribution in [0.1, 0.15) is 10.6 Å². The highest BCUT2D eigenvalue weighted by Gasteiger charge is 2.17. The fourth-order valence-corrected chi connectivity index (χ4v) is 3.04. The molecular weight excluding hydrogens is 260 g/mol. The van der Waals surface area contributed by atoms with E-state index in [9.17, 15) is 8.42 Å². The number of nitrogens with one attached hydrogen (secondary N) is 1. The van der Waals surface area contributed by atoms with Crippen LogP contribution in [0.4, 0.5) is 0 Å². The monoisotopic (exact) mass is 272 g/mol. The zero-order valence-corrected chi connectivity index (χ0v) is 11.0. The Bertz CT molecular complexity index is 614. The average molecular weight is 272 g/mol. The number of thiazole rings is 1. The molecule has 2 heterocycles. The number of hydrogen-bond donors (Lipinski definition) is 1. The zero-order chi connectivity index (χ0) is 12.5. The van der Waals surface area contributed by atoms with Crippen LogP contribution in [0.25, 0.3) is 0 Å². The number of rotatable bonds is 4. The number of imidazole rings is 1. The molecule has 2 rings (SSSR count). The van der Waals surface area contributed by atoms with Gasteiger partial charge in [-0.3, -0.25) is 0 Å². The van der Waals surface area contributed by atoms with Crippen molar-refractivity contribution in [3.63, 3.8) is 0 Å². The maximum absolute atomic E-state index is 11.8. The fraction of sp³-hybridized carbons (Fsp3) is 0.333. The van der Waals surface area contributed by atoms with Gasteiger partial charge in [-0.15, -0.1) is 11.3 Å². The molecule has 0 unspecified atom stereocenters. The molecule has 6 nitrogen and oxygen atoms in total. The first-order chi connectivity index (χ1) is 7.99. The highest BCUT2D eigenvalue weighted by Crippen LogP contribution is 2.13. The van der Waals surface area contributed by atoms with E-state index in [2.05, 4.69) is 14.7 Å². The molecule has 17 heavy (non-hydrogen) atoms. The maximum Gasteiger partial charge on any atom is 0.259 e. The normalized spacial score (nSPS) is 11.9. The summed E-state index contributed by atoms with van der Waals surface area (Å²) in [6.07, 6.45) is 2.91. The van der Waals surface area contributed by atoms with Gasteiger partial charge in [-0.25, -0.2) is 23.1 Å². The van der Waals surface area contributed by atoms with Gasteiger partial charge in [-0.05, 0) is 6.92 Å². The summed E-state index contributed by atoms with van der Waals surface area (Å²) in [7, 11) is -1.81. The second kappa shape index (κ2) is 4.55. The molecule has 2 aromatic rings. The fourth-order valence-electron chi connectivity index (χ4n) is 1.26. The van der Waals surface area contributed by atoms with E-state index in [-0.39, 0.29) is 11.6 Å². The van der Waals surface area contributed by atoms with E-state index in [0.29, 0.717) is 0 Å². The Morgan fingerprint density at radius 2 is 2.24 bits per heavy atom. The van der Waals surface area contributed by atoms with E-state index in [0.717, 1.165) is 10.6 Å². The summed E-state index contributed by atoms with van der Waals surface area (Å²) in [5.74, 6) is 0. The molecule has 8 heteroatoms. The minimum Gasteiger partial charge on any atom is -0.339 e. The van der Waals surface area contributed by atoms with E-state index in [1.54, 1.807) is 17.1 Å². The van der Waals surface area contributed by atoms with Crippen molar-refractivity contribution in [1.29, 1.82) is 0 Å². The molecule has 0 saturated heterocycles. The second-order valence-corrected chi connectivity index (χ2v) is 6.22. The molecule has 0 aliphatic rings. The number of hydrogen-bond acceptors (Lipinski definition) is 5. The summed E-state index contributed by atoms with van der Waals surface area (Å²) in [5, 5.41) is 0.0298. The van der Waals surface area contributed by atoms with Crippen molar-refractivity contribution in [3.8, 4) is 0 Å². The van der Waals surface area contributed by atoms with Crippen LogP contribution in [0.15, 0.2) is 23.1 Å². The van der Waals surface area contributed by atoms with Crippen molar-refractivity contribution in [3.05, 3.63) is 28.6 Å². The van der Waals surface area contributed by atoms with Gasteiger partial charge >= 0.3 is 0 Å². The molecule has 0 atom stereocenters. The van der Waals surface area contributed by atoms with Crippen molar-refractivity contribution >= 4 is 21.4 Å². The average Bonchev–Trinajstić information content (AvgIpc) is 2.85. The molecule has 92 valence electrons. The molecule has 0 aliphatic carbocycles. The summed E-state index contributed by atoms with van der Waals surface area (Å²) in [6, 6.07) is 0. The van der Waals surface area contributed by atoms with Gasteiger partial charge in [0.05, 0.1) is 17.5 Å². The third-order valence-corrected chi connectivity index (χ3v) is 4.45. The Kier molecular flexibility index (Phi) is 3.27. The van der Waals surface area contributed by atoms with E-state index in [1.165, 1.54) is 23.9 Å². The lowest BCUT2D eigenvalue weighted by Crippen LogP contribution is -2.23. The molecule has 0 amide bonds. The first-order valence-electron chi connectivity index (χ1n) is 4.85. The van der Waals surface area contributed by atoms with Crippen molar-refractivity contribution < 1.29 is 8.42 Å². The quantitative estimate of drug-likeness (QED) is 0.887. The van der Waals surface area contributed by atoms with Crippen LogP contribution in [-0.2, 0) is 23.6 Å². The van der Waals surface area contributed by atoms with E-state index < -0.39 is 10.0 Å². The summed E-state index contributed by atoms with van der Waals surface area (Å²) in [5.41, 5.74) is 2.54.